The molecule has 1 N–H and O–H groups in total. The minimum atomic E-state index is -0.215. The lowest BCUT2D eigenvalue weighted by molar-refractivity contribution is 0.0936. The van der Waals surface area contributed by atoms with E-state index in [0.29, 0.717) is 21.4 Å². The number of carbonyl (C=O) groups is 1. The Labute approximate surface area is 161 Å². The third-order valence-corrected chi connectivity index (χ3v) is 5.15. The molecule has 0 aliphatic rings. The molecule has 0 spiro atoms. The number of aromatic nitrogens is 2. The van der Waals surface area contributed by atoms with Crippen molar-refractivity contribution < 1.29 is 9.32 Å². The summed E-state index contributed by atoms with van der Waals surface area (Å²) in [5, 5.41) is 8.23. The summed E-state index contributed by atoms with van der Waals surface area (Å²) in [5.41, 5.74) is 2.21. The van der Waals surface area contributed by atoms with Gasteiger partial charge < -0.3 is 9.84 Å². The number of rotatable bonds is 6. The van der Waals surface area contributed by atoms with Crippen LogP contribution in [-0.2, 0) is 5.75 Å². The molecule has 2 aromatic heterocycles. The van der Waals surface area contributed by atoms with E-state index in [1.807, 2.05) is 44.2 Å². The van der Waals surface area contributed by atoms with Gasteiger partial charge in [0.25, 0.3) is 5.91 Å². The van der Waals surface area contributed by atoms with Gasteiger partial charge in [-0.1, -0.05) is 46.7 Å². The molecule has 26 heavy (non-hydrogen) atoms. The normalized spacial score (nSPS) is 12.0. The van der Waals surface area contributed by atoms with E-state index in [2.05, 4.69) is 15.5 Å². The van der Waals surface area contributed by atoms with Crippen molar-refractivity contribution >= 4 is 29.3 Å². The molecule has 0 aliphatic carbocycles. The Hall–Kier alpha value is -2.31. The van der Waals surface area contributed by atoms with Gasteiger partial charge in [-0.15, -0.1) is 0 Å². The lowest BCUT2D eigenvalue weighted by Gasteiger charge is -2.16. The highest BCUT2D eigenvalue weighted by molar-refractivity contribution is 7.98. The van der Waals surface area contributed by atoms with Gasteiger partial charge in [0, 0.05) is 23.0 Å². The smallest absolute Gasteiger partial charge is 0.254 e. The summed E-state index contributed by atoms with van der Waals surface area (Å²) in [6, 6.07) is 12.6. The molecule has 134 valence electrons. The lowest BCUT2D eigenvalue weighted by Crippen LogP contribution is -2.27. The summed E-state index contributed by atoms with van der Waals surface area (Å²) >= 11 is 7.66. The van der Waals surface area contributed by atoms with Gasteiger partial charge in [-0.25, -0.2) is 4.98 Å². The van der Waals surface area contributed by atoms with Crippen LogP contribution in [0.1, 0.15) is 40.3 Å². The van der Waals surface area contributed by atoms with Gasteiger partial charge in [0.15, 0.2) is 0 Å². The molecule has 3 aromatic rings. The molecule has 3 rings (SSSR count). The zero-order valence-corrected chi connectivity index (χ0v) is 16.0. The first-order chi connectivity index (χ1) is 12.5. The number of pyridine rings is 1. The average Bonchev–Trinajstić information content (AvgIpc) is 3.05. The number of aryl methyl sites for hydroxylation is 1. The van der Waals surface area contributed by atoms with Crippen molar-refractivity contribution in [3.05, 3.63) is 76.3 Å². The van der Waals surface area contributed by atoms with Crippen LogP contribution >= 0.6 is 23.4 Å². The van der Waals surface area contributed by atoms with E-state index in [9.17, 15) is 4.79 Å². The van der Waals surface area contributed by atoms with Crippen molar-refractivity contribution in [2.24, 2.45) is 0 Å². The monoisotopic (exact) mass is 387 g/mol. The maximum absolute atomic E-state index is 12.7. The second-order valence-corrected chi connectivity index (χ2v) is 7.16. The number of halogens is 1. The molecule has 0 aliphatic heterocycles. The quantitative estimate of drug-likeness (QED) is 0.614. The molecule has 0 saturated heterocycles. The van der Waals surface area contributed by atoms with Crippen molar-refractivity contribution in [1.82, 2.24) is 15.5 Å². The Kier molecular flexibility index (Phi) is 5.96. The van der Waals surface area contributed by atoms with E-state index in [-0.39, 0.29) is 11.9 Å². The molecule has 0 saturated carbocycles. The number of amides is 1. The number of hydrogen-bond donors (Lipinski definition) is 1. The number of nitrogens with one attached hydrogen (secondary N) is 1. The highest BCUT2D eigenvalue weighted by atomic mass is 35.5. The second kappa shape index (κ2) is 8.38. The van der Waals surface area contributed by atoms with Gasteiger partial charge in [0.05, 0.1) is 17.3 Å². The van der Waals surface area contributed by atoms with Gasteiger partial charge >= 0.3 is 0 Å². The first kappa shape index (κ1) is 18.5. The molecule has 1 atom stereocenters. The van der Waals surface area contributed by atoms with Crippen LogP contribution in [0.5, 0.6) is 0 Å². The van der Waals surface area contributed by atoms with Crippen molar-refractivity contribution in [1.29, 1.82) is 0 Å². The number of hydrogen-bond acceptors (Lipinski definition) is 5. The third kappa shape index (κ3) is 4.45. The summed E-state index contributed by atoms with van der Waals surface area (Å²) in [5.74, 6) is 1.15. The Balaban J connectivity index is 1.72. The zero-order valence-electron chi connectivity index (χ0n) is 14.4. The van der Waals surface area contributed by atoms with Crippen molar-refractivity contribution in [3.8, 4) is 0 Å². The first-order valence-corrected chi connectivity index (χ1v) is 9.46. The molecule has 0 fully saturated rings. The third-order valence-electron chi connectivity index (χ3n) is 3.77. The van der Waals surface area contributed by atoms with Gasteiger partial charge in [0.2, 0.25) is 0 Å². The predicted molar refractivity (Wildman–Crippen MR) is 102 cm³/mol. The lowest BCUT2D eigenvalue weighted by atomic mass is 10.1. The fourth-order valence-corrected chi connectivity index (χ4v) is 3.66. The SMILES string of the molecule is Cc1cc(CSc2ncccc2C(=O)NC(C)c2ccccc2Cl)no1. The summed E-state index contributed by atoms with van der Waals surface area (Å²) in [4.78, 5) is 17.1. The summed E-state index contributed by atoms with van der Waals surface area (Å²) < 4.78 is 5.07. The van der Waals surface area contributed by atoms with E-state index in [0.717, 1.165) is 17.0 Å². The number of nitrogens with zero attached hydrogens (tertiary/aromatic N) is 2. The van der Waals surface area contributed by atoms with Crippen LogP contribution in [0.15, 0.2) is 58.2 Å². The van der Waals surface area contributed by atoms with Crippen LogP contribution in [-0.4, -0.2) is 16.0 Å². The molecule has 7 heteroatoms. The molecule has 1 unspecified atom stereocenters. The Bertz CT molecular complexity index is 913. The molecule has 1 aromatic carbocycles. The fraction of sp³-hybridized carbons (Fsp3) is 0.211. The van der Waals surface area contributed by atoms with Crippen molar-refractivity contribution in [3.63, 3.8) is 0 Å². The van der Waals surface area contributed by atoms with E-state index < -0.39 is 0 Å². The standard InChI is InChI=1S/C19H18ClN3O2S/c1-12-10-14(23-25-12)11-26-19-16(7-5-9-21-19)18(24)22-13(2)15-6-3-4-8-17(15)20/h3-10,13H,11H2,1-2H3,(H,22,24). The highest BCUT2D eigenvalue weighted by Gasteiger charge is 2.17. The van der Waals surface area contributed by atoms with Crippen LogP contribution in [0, 0.1) is 6.92 Å². The van der Waals surface area contributed by atoms with Gasteiger partial charge in [-0.3, -0.25) is 4.79 Å². The maximum Gasteiger partial charge on any atom is 0.254 e. The molecular formula is C19H18ClN3O2S. The summed E-state index contributed by atoms with van der Waals surface area (Å²) in [6.45, 7) is 3.75. The Morgan fingerprint density at radius 2 is 2.12 bits per heavy atom. The van der Waals surface area contributed by atoms with E-state index in [1.54, 1.807) is 18.3 Å². The second-order valence-electron chi connectivity index (χ2n) is 5.79. The molecule has 1 amide bonds. The fourth-order valence-electron chi connectivity index (χ4n) is 2.49. The molecular weight excluding hydrogens is 370 g/mol. The zero-order chi connectivity index (χ0) is 18.5. The number of benzene rings is 1. The molecule has 0 bridgehead atoms. The summed E-state index contributed by atoms with van der Waals surface area (Å²) in [7, 11) is 0. The number of thioether (sulfide) groups is 1. The minimum absolute atomic E-state index is 0.190. The van der Waals surface area contributed by atoms with E-state index in [1.165, 1.54) is 11.8 Å². The van der Waals surface area contributed by atoms with E-state index in [4.69, 9.17) is 16.1 Å². The Morgan fingerprint density at radius 1 is 1.31 bits per heavy atom. The van der Waals surface area contributed by atoms with Gasteiger partial charge in [-0.05, 0) is 37.6 Å². The first-order valence-electron chi connectivity index (χ1n) is 8.10. The van der Waals surface area contributed by atoms with Crippen molar-refractivity contribution in [2.75, 3.05) is 0 Å². The van der Waals surface area contributed by atoms with Gasteiger partial charge in [0.1, 0.15) is 10.8 Å². The van der Waals surface area contributed by atoms with Crippen LogP contribution in [0.4, 0.5) is 0 Å². The largest absolute Gasteiger partial charge is 0.361 e. The van der Waals surface area contributed by atoms with Crippen molar-refractivity contribution in [2.45, 2.75) is 30.7 Å². The predicted octanol–water partition coefficient (Wildman–Crippen LogP) is 4.81. The van der Waals surface area contributed by atoms with Crippen LogP contribution in [0.3, 0.4) is 0 Å². The van der Waals surface area contributed by atoms with Crippen LogP contribution in [0.2, 0.25) is 5.02 Å². The molecule has 0 radical (unpaired) electrons. The van der Waals surface area contributed by atoms with Crippen LogP contribution in [0.25, 0.3) is 0 Å². The summed E-state index contributed by atoms with van der Waals surface area (Å²) in [6.07, 6.45) is 1.67. The van der Waals surface area contributed by atoms with Gasteiger partial charge in [-0.2, -0.15) is 0 Å². The maximum atomic E-state index is 12.7. The minimum Gasteiger partial charge on any atom is -0.361 e. The highest BCUT2D eigenvalue weighted by Crippen LogP contribution is 2.26. The molecule has 2 heterocycles. The molecule has 5 nitrogen and oxygen atoms in total. The average molecular weight is 388 g/mol. The number of carbonyl (C=O) groups excluding carboxylic acids is 1. The van der Waals surface area contributed by atoms with E-state index >= 15 is 0 Å². The van der Waals surface area contributed by atoms with Crippen LogP contribution < -0.4 is 5.32 Å². The Morgan fingerprint density at radius 3 is 2.85 bits per heavy atom. The topological polar surface area (TPSA) is 68.0 Å².